The Morgan fingerprint density at radius 3 is 1.94 bits per heavy atom. The molecule has 0 aliphatic carbocycles. The molecule has 1 N–H and O–H groups in total. The van der Waals surface area contributed by atoms with Gasteiger partial charge in [-0.2, -0.15) is 0 Å². The number of hydrogen-bond acceptors (Lipinski definition) is 2. The van der Waals surface area contributed by atoms with Crippen LogP contribution in [0, 0.1) is 11.8 Å². The van der Waals surface area contributed by atoms with E-state index < -0.39 is 0 Å². The summed E-state index contributed by atoms with van der Waals surface area (Å²) < 4.78 is 0. The van der Waals surface area contributed by atoms with Crippen molar-refractivity contribution in [3.63, 3.8) is 0 Å². The molecule has 0 saturated heterocycles. The van der Waals surface area contributed by atoms with Gasteiger partial charge in [0, 0.05) is 25.2 Å². The molecule has 2 heteroatoms. The van der Waals surface area contributed by atoms with E-state index in [1.807, 2.05) is 0 Å². The van der Waals surface area contributed by atoms with E-state index in [1.165, 1.54) is 13.0 Å². The van der Waals surface area contributed by atoms with Crippen molar-refractivity contribution in [3.8, 4) is 0 Å². The van der Waals surface area contributed by atoms with Gasteiger partial charge in [-0.25, -0.2) is 0 Å². The zero-order valence-corrected chi connectivity index (χ0v) is 13.1. The average molecular weight is 242 g/mol. The van der Waals surface area contributed by atoms with E-state index in [0.717, 1.165) is 19.0 Å². The van der Waals surface area contributed by atoms with Crippen LogP contribution >= 0.6 is 0 Å². The highest BCUT2D eigenvalue weighted by Gasteiger charge is 2.21. The molecule has 0 aromatic carbocycles. The Balaban J connectivity index is 4.40. The molecule has 0 aromatic heterocycles. The van der Waals surface area contributed by atoms with Gasteiger partial charge in [0.1, 0.15) is 0 Å². The molecule has 17 heavy (non-hydrogen) atoms. The maximum absolute atomic E-state index is 3.59. The van der Waals surface area contributed by atoms with Gasteiger partial charge in [-0.05, 0) is 18.4 Å². The largest absolute Gasteiger partial charge is 0.313 e. The molecule has 0 bridgehead atoms. The molecule has 0 rings (SSSR count). The third-order valence-corrected chi connectivity index (χ3v) is 3.62. The van der Waals surface area contributed by atoms with E-state index in [0.29, 0.717) is 18.0 Å². The van der Waals surface area contributed by atoms with Crippen molar-refractivity contribution in [2.24, 2.45) is 11.8 Å². The first-order valence-electron chi connectivity index (χ1n) is 7.39. The SMILES string of the molecule is CCC(C)CN(CC)C(CNC(C)C)C(C)C. The van der Waals surface area contributed by atoms with Crippen LogP contribution in [-0.4, -0.2) is 36.6 Å². The van der Waals surface area contributed by atoms with Crippen molar-refractivity contribution < 1.29 is 0 Å². The van der Waals surface area contributed by atoms with Crippen LogP contribution in [0.4, 0.5) is 0 Å². The minimum Gasteiger partial charge on any atom is -0.313 e. The summed E-state index contributed by atoms with van der Waals surface area (Å²) in [6.45, 7) is 19.6. The molecule has 2 unspecified atom stereocenters. The summed E-state index contributed by atoms with van der Waals surface area (Å²) in [4.78, 5) is 2.65. The van der Waals surface area contributed by atoms with E-state index in [4.69, 9.17) is 0 Å². The third kappa shape index (κ3) is 7.05. The lowest BCUT2D eigenvalue weighted by Gasteiger charge is -2.36. The van der Waals surface area contributed by atoms with E-state index in [2.05, 4.69) is 58.7 Å². The van der Waals surface area contributed by atoms with Crippen LogP contribution < -0.4 is 5.32 Å². The smallest absolute Gasteiger partial charge is 0.0243 e. The van der Waals surface area contributed by atoms with Gasteiger partial charge in [0.2, 0.25) is 0 Å². The van der Waals surface area contributed by atoms with Crippen molar-refractivity contribution in [1.82, 2.24) is 10.2 Å². The van der Waals surface area contributed by atoms with Crippen molar-refractivity contribution >= 4 is 0 Å². The van der Waals surface area contributed by atoms with Crippen LogP contribution in [0.5, 0.6) is 0 Å². The second-order valence-corrected chi connectivity index (χ2v) is 5.98. The van der Waals surface area contributed by atoms with Gasteiger partial charge in [0.15, 0.2) is 0 Å². The van der Waals surface area contributed by atoms with Crippen LogP contribution in [0.1, 0.15) is 54.9 Å². The molecule has 2 nitrogen and oxygen atoms in total. The first kappa shape index (κ1) is 16.9. The fourth-order valence-corrected chi connectivity index (χ4v) is 2.17. The zero-order chi connectivity index (χ0) is 13.4. The number of nitrogens with one attached hydrogen (secondary N) is 1. The Hall–Kier alpha value is -0.0800. The lowest BCUT2D eigenvalue weighted by Crippen LogP contribution is -2.48. The number of likely N-dealkylation sites (N-methyl/N-ethyl adjacent to an activating group) is 1. The summed E-state index contributed by atoms with van der Waals surface area (Å²) in [7, 11) is 0. The number of nitrogens with zero attached hydrogens (tertiary/aromatic N) is 1. The Kier molecular flexibility index (Phi) is 8.89. The molecule has 0 fully saturated rings. The van der Waals surface area contributed by atoms with Gasteiger partial charge >= 0.3 is 0 Å². The summed E-state index contributed by atoms with van der Waals surface area (Å²) in [6.07, 6.45) is 1.28. The lowest BCUT2D eigenvalue weighted by atomic mass is 9.99. The molecule has 0 amide bonds. The molecular weight excluding hydrogens is 208 g/mol. The first-order chi connectivity index (χ1) is 7.92. The standard InChI is InChI=1S/C15H34N2/c1-8-14(7)11-17(9-2)15(12(3)4)10-16-13(5)6/h12-16H,8-11H2,1-7H3. The molecule has 0 aliphatic rings. The highest BCUT2D eigenvalue weighted by Crippen LogP contribution is 2.14. The molecule has 0 saturated carbocycles. The summed E-state index contributed by atoms with van der Waals surface area (Å²) in [5.74, 6) is 1.51. The van der Waals surface area contributed by atoms with Gasteiger partial charge in [-0.1, -0.05) is 54.9 Å². The van der Waals surface area contributed by atoms with Crippen LogP contribution in [0.15, 0.2) is 0 Å². The number of hydrogen-bond donors (Lipinski definition) is 1. The molecule has 0 radical (unpaired) electrons. The quantitative estimate of drug-likeness (QED) is 0.667. The van der Waals surface area contributed by atoms with E-state index in [-0.39, 0.29) is 0 Å². The van der Waals surface area contributed by atoms with Crippen molar-refractivity contribution in [2.45, 2.75) is 67.0 Å². The Labute approximate surface area is 109 Å². The average Bonchev–Trinajstić information content (AvgIpc) is 2.26. The van der Waals surface area contributed by atoms with E-state index in [1.54, 1.807) is 0 Å². The fourth-order valence-electron chi connectivity index (χ4n) is 2.17. The second kappa shape index (κ2) is 8.93. The zero-order valence-electron chi connectivity index (χ0n) is 13.1. The molecular formula is C15H34N2. The van der Waals surface area contributed by atoms with Gasteiger partial charge in [0.25, 0.3) is 0 Å². The number of rotatable bonds is 9. The van der Waals surface area contributed by atoms with Crippen LogP contribution in [-0.2, 0) is 0 Å². The van der Waals surface area contributed by atoms with Crippen molar-refractivity contribution in [1.29, 1.82) is 0 Å². The summed E-state index contributed by atoms with van der Waals surface area (Å²) in [5, 5.41) is 3.59. The summed E-state index contributed by atoms with van der Waals surface area (Å²) in [6, 6.07) is 1.25. The molecule has 2 atom stereocenters. The van der Waals surface area contributed by atoms with Gasteiger partial charge in [-0.3, -0.25) is 4.90 Å². The first-order valence-corrected chi connectivity index (χ1v) is 7.39. The summed E-state index contributed by atoms with van der Waals surface area (Å²) in [5.41, 5.74) is 0. The van der Waals surface area contributed by atoms with Gasteiger partial charge < -0.3 is 5.32 Å². The summed E-state index contributed by atoms with van der Waals surface area (Å²) >= 11 is 0. The Morgan fingerprint density at radius 2 is 1.59 bits per heavy atom. The molecule has 0 heterocycles. The molecule has 0 aliphatic heterocycles. The van der Waals surface area contributed by atoms with Gasteiger partial charge in [0.05, 0.1) is 0 Å². The maximum Gasteiger partial charge on any atom is 0.0243 e. The van der Waals surface area contributed by atoms with Crippen molar-refractivity contribution in [3.05, 3.63) is 0 Å². The second-order valence-electron chi connectivity index (χ2n) is 5.98. The van der Waals surface area contributed by atoms with Gasteiger partial charge in [-0.15, -0.1) is 0 Å². The fraction of sp³-hybridized carbons (Fsp3) is 1.00. The topological polar surface area (TPSA) is 15.3 Å². The highest BCUT2D eigenvalue weighted by atomic mass is 15.2. The maximum atomic E-state index is 3.59. The normalized spacial score (nSPS) is 15.9. The molecule has 0 aromatic rings. The third-order valence-electron chi connectivity index (χ3n) is 3.62. The van der Waals surface area contributed by atoms with E-state index >= 15 is 0 Å². The van der Waals surface area contributed by atoms with E-state index in [9.17, 15) is 0 Å². The Bertz CT molecular complexity index is 178. The predicted molar refractivity (Wildman–Crippen MR) is 78.5 cm³/mol. The Morgan fingerprint density at radius 1 is 1.00 bits per heavy atom. The molecule has 104 valence electrons. The van der Waals surface area contributed by atoms with Crippen molar-refractivity contribution in [2.75, 3.05) is 19.6 Å². The monoisotopic (exact) mass is 242 g/mol. The minimum atomic E-state index is 0.582. The lowest BCUT2D eigenvalue weighted by molar-refractivity contribution is 0.136. The predicted octanol–water partition coefficient (Wildman–Crippen LogP) is 3.38. The van der Waals surface area contributed by atoms with Crippen LogP contribution in [0.2, 0.25) is 0 Å². The van der Waals surface area contributed by atoms with Crippen LogP contribution in [0.25, 0.3) is 0 Å². The highest BCUT2D eigenvalue weighted by molar-refractivity contribution is 4.78. The minimum absolute atomic E-state index is 0.582. The van der Waals surface area contributed by atoms with Crippen LogP contribution in [0.3, 0.4) is 0 Å². The molecule has 0 spiro atoms.